The maximum Gasteiger partial charge on any atom is 0.264 e. The molecule has 0 heterocycles. The number of sulfonamides is 1. The second-order valence-corrected chi connectivity index (χ2v) is 12.8. The number of halogens is 1. The van der Waals surface area contributed by atoms with Gasteiger partial charge in [0.15, 0.2) is 0 Å². The Hall–Kier alpha value is -3.92. The zero-order chi connectivity index (χ0) is 31.5. The molecule has 0 aromatic heterocycles. The highest BCUT2D eigenvalue weighted by molar-refractivity contribution is 7.92. The number of hydrogen-bond donors (Lipinski definition) is 1. The summed E-state index contributed by atoms with van der Waals surface area (Å²) in [6.07, 6.45) is 5.90. The van der Waals surface area contributed by atoms with E-state index < -0.39 is 34.3 Å². The zero-order valence-corrected chi connectivity index (χ0v) is 26.3. The first-order chi connectivity index (χ1) is 21.2. The molecular weight excluding hydrogens is 581 g/mol. The summed E-state index contributed by atoms with van der Waals surface area (Å²) in [6, 6.07) is 19.8. The molecule has 1 N–H and O–H groups in total. The summed E-state index contributed by atoms with van der Waals surface area (Å²) in [4.78, 5) is 29.2. The van der Waals surface area contributed by atoms with Gasteiger partial charge in [-0.05, 0) is 86.7 Å². The molecule has 0 saturated heterocycles. The molecule has 44 heavy (non-hydrogen) atoms. The Bertz CT molecular complexity index is 1460. The first-order valence-corrected chi connectivity index (χ1v) is 16.8. The molecule has 8 nitrogen and oxygen atoms in total. The second-order valence-electron chi connectivity index (χ2n) is 11.0. The van der Waals surface area contributed by atoms with Crippen LogP contribution in [0.15, 0.2) is 83.8 Å². The minimum atomic E-state index is -4.26. The first-order valence-electron chi connectivity index (χ1n) is 15.4. The number of carbonyl (C=O) groups is 2. The number of nitrogens with one attached hydrogen (secondary N) is 1. The lowest BCUT2D eigenvalue weighted by atomic mass is 9.95. The van der Waals surface area contributed by atoms with E-state index in [1.54, 1.807) is 12.1 Å². The van der Waals surface area contributed by atoms with Gasteiger partial charge in [0, 0.05) is 12.6 Å². The highest BCUT2D eigenvalue weighted by atomic mass is 32.2. The molecule has 3 aromatic carbocycles. The molecule has 0 spiro atoms. The van der Waals surface area contributed by atoms with Crippen LogP contribution in [-0.2, 0) is 26.0 Å². The lowest BCUT2D eigenvalue weighted by Crippen LogP contribution is -2.54. The Morgan fingerprint density at radius 1 is 0.932 bits per heavy atom. The third kappa shape index (κ3) is 8.59. The van der Waals surface area contributed by atoms with Crippen LogP contribution in [0.2, 0.25) is 0 Å². The maximum atomic E-state index is 14.2. The number of anilines is 1. The predicted octanol–water partition coefficient (Wildman–Crippen LogP) is 5.72. The van der Waals surface area contributed by atoms with Crippen molar-refractivity contribution < 1.29 is 27.1 Å². The Balaban J connectivity index is 1.66. The molecule has 4 rings (SSSR count). The Morgan fingerprint density at radius 2 is 1.59 bits per heavy atom. The van der Waals surface area contributed by atoms with Crippen LogP contribution in [-0.4, -0.2) is 56.9 Å². The maximum absolute atomic E-state index is 14.2. The zero-order valence-electron chi connectivity index (χ0n) is 25.5. The number of rotatable bonds is 14. The number of ether oxygens (including phenoxy) is 1. The molecule has 236 valence electrons. The van der Waals surface area contributed by atoms with Gasteiger partial charge >= 0.3 is 0 Å². The molecule has 1 aliphatic carbocycles. The fourth-order valence-corrected chi connectivity index (χ4v) is 6.99. The lowest BCUT2D eigenvalue weighted by molar-refractivity contribution is -0.140. The predicted molar refractivity (Wildman–Crippen MR) is 169 cm³/mol. The summed E-state index contributed by atoms with van der Waals surface area (Å²) in [5.41, 5.74) is 1.13. The van der Waals surface area contributed by atoms with Crippen LogP contribution in [0.25, 0.3) is 0 Å². The van der Waals surface area contributed by atoms with Gasteiger partial charge in [0.2, 0.25) is 11.8 Å². The fourth-order valence-electron chi connectivity index (χ4n) is 5.58. The minimum absolute atomic E-state index is 0.0454. The number of nitrogens with zero attached hydrogens (tertiary/aromatic N) is 2. The summed E-state index contributed by atoms with van der Waals surface area (Å²) in [5, 5.41) is 3.15. The van der Waals surface area contributed by atoms with Crippen LogP contribution in [0.5, 0.6) is 5.75 Å². The van der Waals surface area contributed by atoms with E-state index in [-0.39, 0.29) is 29.1 Å². The fraction of sp³-hybridized carbons (Fsp3) is 0.412. The Labute approximate surface area is 260 Å². The van der Waals surface area contributed by atoms with Crippen molar-refractivity contribution in [3.63, 3.8) is 0 Å². The molecule has 1 unspecified atom stereocenters. The van der Waals surface area contributed by atoms with Crippen molar-refractivity contribution in [1.82, 2.24) is 10.2 Å². The van der Waals surface area contributed by atoms with E-state index >= 15 is 0 Å². The first kappa shape index (κ1) is 33.0. The largest absolute Gasteiger partial charge is 0.494 e. The summed E-state index contributed by atoms with van der Waals surface area (Å²) in [6.45, 7) is 3.76. The SMILES string of the molecule is CCOc1ccc(S(=O)(=O)N(CC(=O)N(CCc2ccccc2)C(CC)C(=O)NC2CCCCC2)c2ccc(F)cc2)cc1. The second kappa shape index (κ2) is 15.7. The molecule has 3 aromatic rings. The van der Waals surface area contributed by atoms with E-state index in [4.69, 9.17) is 4.74 Å². The van der Waals surface area contributed by atoms with E-state index in [9.17, 15) is 22.4 Å². The monoisotopic (exact) mass is 623 g/mol. The summed E-state index contributed by atoms with van der Waals surface area (Å²) in [5.74, 6) is -0.778. The van der Waals surface area contributed by atoms with Gasteiger partial charge in [0.25, 0.3) is 10.0 Å². The van der Waals surface area contributed by atoms with Crippen molar-refractivity contribution in [2.75, 3.05) is 24.0 Å². The number of amides is 2. The van der Waals surface area contributed by atoms with Gasteiger partial charge in [-0.1, -0.05) is 56.5 Å². The van der Waals surface area contributed by atoms with Gasteiger partial charge in [-0.25, -0.2) is 12.8 Å². The summed E-state index contributed by atoms with van der Waals surface area (Å²) >= 11 is 0. The van der Waals surface area contributed by atoms with Crippen molar-refractivity contribution in [2.45, 2.75) is 75.8 Å². The van der Waals surface area contributed by atoms with E-state index in [0.717, 1.165) is 54.1 Å². The third-order valence-corrected chi connectivity index (χ3v) is 9.73. The average molecular weight is 624 g/mol. The molecular formula is C34H42FN3O5S. The Morgan fingerprint density at radius 3 is 2.20 bits per heavy atom. The number of hydrogen-bond acceptors (Lipinski definition) is 5. The molecule has 0 radical (unpaired) electrons. The summed E-state index contributed by atoms with van der Waals surface area (Å²) < 4.78 is 48.3. The van der Waals surface area contributed by atoms with Crippen LogP contribution >= 0.6 is 0 Å². The molecule has 10 heteroatoms. The van der Waals surface area contributed by atoms with Gasteiger partial charge in [-0.15, -0.1) is 0 Å². The van der Waals surface area contributed by atoms with Crippen LogP contribution < -0.4 is 14.4 Å². The van der Waals surface area contributed by atoms with E-state index in [0.29, 0.717) is 25.2 Å². The van der Waals surface area contributed by atoms with Crippen LogP contribution in [0.1, 0.15) is 57.9 Å². The molecule has 1 atom stereocenters. The lowest BCUT2D eigenvalue weighted by Gasteiger charge is -2.34. The van der Waals surface area contributed by atoms with E-state index in [1.807, 2.05) is 44.2 Å². The van der Waals surface area contributed by atoms with Crippen LogP contribution in [0.3, 0.4) is 0 Å². The topological polar surface area (TPSA) is 96.0 Å². The smallest absolute Gasteiger partial charge is 0.264 e. The highest BCUT2D eigenvalue weighted by Gasteiger charge is 2.34. The van der Waals surface area contributed by atoms with Crippen LogP contribution in [0.4, 0.5) is 10.1 Å². The molecule has 1 fully saturated rings. The number of benzene rings is 3. The van der Waals surface area contributed by atoms with Gasteiger partial charge < -0.3 is 15.0 Å². The average Bonchev–Trinajstić information content (AvgIpc) is 3.03. The molecule has 1 aliphatic rings. The minimum Gasteiger partial charge on any atom is -0.494 e. The van der Waals surface area contributed by atoms with Gasteiger partial charge in [-0.3, -0.25) is 13.9 Å². The van der Waals surface area contributed by atoms with Crippen LogP contribution in [0, 0.1) is 5.82 Å². The standard InChI is InChI=1S/C34H42FN3O5S/c1-3-32(34(40)36-28-13-9-6-10-14-28)37(24-23-26-11-7-5-8-12-26)33(39)25-38(29-17-15-27(35)16-18-29)44(41,42)31-21-19-30(20-22-31)43-4-2/h5,7-8,11-12,15-22,28,32H,3-4,6,9-10,13-14,23-25H2,1-2H3,(H,36,40). The Kier molecular flexibility index (Phi) is 11.8. The van der Waals surface area contributed by atoms with Gasteiger partial charge in [0.05, 0.1) is 17.2 Å². The molecule has 0 bridgehead atoms. The highest BCUT2D eigenvalue weighted by Crippen LogP contribution is 2.26. The summed E-state index contributed by atoms with van der Waals surface area (Å²) in [7, 11) is -4.26. The van der Waals surface area contributed by atoms with Gasteiger partial charge in [0.1, 0.15) is 24.2 Å². The van der Waals surface area contributed by atoms with Crippen molar-refractivity contribution >= 4 is 27.5 Å². The van der Waals surface area contributed by atoms with Gasteiger partial charge in [-0.2, -0.15) is 0 Å². The van der Waals surface area contributed by atoms with Crippen molar-refractivity contribution in [3.05, 3.63) is 90.2 Å². The van der Waals surface area contributed by atoms with E-state index in [2.05, 4.69) is 5.32 Å². The van der Waals surface area contributed by atoms with Crippen molar-refractivity contribution in [3.8, 4) is 5.75 Å². The van der Waals surface area contributed by atoms with Crippen molar-refractivity contribution in [2.24, 2.45) is 0 Å². The molecule has 0 aliphatic heterocycles. The quantitative estimate of drug-likeness (QED) is 0.248. The third-order valence-electron chi connectivity index (χ3n) is 7.94. The van der Waals surface area contributed by atoms with Crippen molar-refractivity contribution in [1.29, 1.82) is 0 Å². The normalized spacial score (nSPS) is 14.4. The molecule has 1 saturated carbocycles. The van der Waals surface area contributed by atoms with E-state index in [1.165, 1.54) is 29.2 Å². The number of carbonyl (C=O) groups excluding carboxylic acids is 2. The molecule has 2 amide bonds.